The molecule has 0 saturated carbocycles. The second-order valence-electron chi connectivity index (χ2n) is 6.03. The Bertz CT molecular complexity index is 205. The predicted octanol–water partition coefficient (Wildman–Crippen LogP) is 5.91. The molecule has 0 heterocycles. The molecule has 0 rings (SSSR count). The third kappa shape index (κ3) is 9.14. The molecule has 0 aliphatic carbocycles. The van der Waals surface area contributed by atoms with Gasteiger partial charge in [0.15, 0.2) is 0 Å². The fourth-order valence-electron chi connectivity index (χ4n) is 2.31. The van der Waals surface area contributed by atoms with E-state index in [9.17, 15) is 0 Å². The minimum atomic E-state index is -1.89. The fraction of sp³-hybridized carbons (Fsp3) is 1.00. The smallest absolute Gasteiger partial charge is 0.337 e. The van der Waals surface area contributed by atoms with E-state index >= 15 is 0 Å². The maximum Gasteiger partial charge on any atom is 0.337 e. The molecule has 0 saturated heterocycles. The summed E-state index contributed by atoms with van der Waals surface area (Å²) in [5, 5.41) is 0. The predicted molar refractivity (Wildman–Crippen MR) is 91.5 cm³/mol. The maximum absolute atomic E-state index is 6.24. The third-order valence-electron chi connectivity index (χ3n) is 4.36. The van der Waals surface area contributed by atoms with E-state index in [-0.39, 0.29) is 0 Å². The molecule has 3 heteroatoms. The van der Waals surface area contributed by atoms with Gasteiger partial charge in [0.2, 0.25) is 0 Å². The molecule has 1 atom stereocenters. The molecule has 0 aromatic carbocycles. The van der Waals surface area contributed by atoms with E-state index in [1.807, 2.05) is 0 Å². The standard InChI is InChI=1S/C17H38O2Si/c1-6-10-11-12-13-15-18-20(8-3,9-4)19-16-14-17(5)7-2/h17H,6-16H2,1-5H3. The largest absolute Gasteiger partial charge is 0.394 e. The van der Waals surface area contributed by atoms with Crippen molar-refractivity contribution in [3.63, 3.8) is 0 Å². The van der Waals surface area contributed by atoms with Crippen LogP contribution in [0.3, 0.4) is 0 Å². The Balaban J connectivity index is 3.92. The number of hydrogen-bond donors (Lipinski definition) is 0. The van der Waals surface area contributed by atoms with Crippen LogP contribution in [0, 0.1) is 5.92 Å². The summed E-state index contributed by atoms with van der Waals surface area (Å²) in [6.45, 7) is 13.1. The van der Waals surface area contributed by atoms with Gasteiger partial charge < -0.3 is 8.85 Å². The van der Waals surface area contributed by atoms with Crippen molar-refractivity contribution >= 4 is 8.56 Å². The summed E-state index contributed by atoms with van der Waals surface area (Å²) in [4.78, 5) is 0. The van der Waals surface area contributed by atoms with E-state index in [0.29, 0.717) is 0 Å². The molecule has 20 heavy (non-hydrogen) atoms. The molecule has 0 fully saturated rings. The van der Waals surface area contributed by atoms with E-state index < -0.39 is 8.56 Å². The minimum Gasteiger partial charge on any atom is -0.394 e. The van der Waals surface area contributed by atoms with Crippen LogP contribution in [-0.2, 0) is 8.85 Å². The van der Waals surface area contributed by atoms with Gasteiger partial charge in [-0.1, -0.05) is 66.7 Å². The molecule has 0 aliphatic rings. The second-order valence-corrected chi connectivity index (χ2v) is 9.84. The van der Waals surface area contributed by atoms with Gasteiger partial charge in [-0.3, -0.25) is 0 Å². The number of unbranched alkanes of at least 4 members (excludes halogenated alkanes) is 4. The van der Waals surface area contributed by atoms with Crippen LogP contribution < -0.4 is 0 Å². The first-order chi connectivity index (χ1) is 9.64. The number of rotatable bonds is 14. The van der Waals surface area contributed by atoms with Gasteiger partial charge in [0.25, 0.3) is 0 Å². The number of hydrogen-bond acceptors (Lipinski definition) is 2. The van der Waals surface area contributed by atoms with Gasteiger partial charge in [-0.15, -0.1) is 0 Å². The molecular formula is C17H38O2Si. The van der Waals surface area contributed by atoms with Crippen LogP contribution in [-0.4, -0.2) is 21.8 Å². The van der Waals surface area contributed by atoms with E-state index in [2.05, 4.69) is 34.6 Å². The van der Waals surface area contributed by atoms with Crippen molar-refractivity contribution in [1.82, 2.24) is 0 Å². The zero-order valence-corrected chi connectivity index (χ0v) is 15.7. The van der Waals surface area contributed by atoms with Crippen molar-refractivity contribution in [2.24, 2.45) is 5.92 Å². The average molecular weight is 303 g/mol. The fourth-order valence-corrected chi connectivity index (χ4v) is 4.72. The van der Waals surface area contributed by atoms with E-state index in [0.717, 1.165) is 31.2 Å². The summed E-state index contributed by atoms with van der Waals surface area (Å²) in [6, 6.07) is 2.16. The van der Waals surface area contributed by atoms with Crippen molar-refractivity contribution < 1.29 is 8.85 Å². The lowest BCUT2D eigenvalue weighted by Crippen LogP contribution is -2.41. The Morgan fingerprint density at radius 2 is 1.40 bits per heavy atom. The summed E-state index contributed by atoms with van der Waals surface area (Å²) in [6.07, 6.45) is 8.93. The Labute approximate surface area is 128 Å². The first-order valence-electron chi connectivity index (χ1n) is 8.91. The van der Waals surface area contributed by atoms with Gasteiger partial charge in [0, 0.05) is 13.2 Å². The SMILES string of the molecule is CCCCCCCO[Si](CC)(CC)OCCC(C)CC. The van der Waals surface area contributed by atoms with Gasteiger partial charge >= 0.3 is 8.56 Å². The molecule has 122 valence electrons. The van der Waals surface area contributed by atoms with Crippen molar-refractivity contribution in [2.75, 3.05) is 13.2 Å². The molecule has 0 aromatic rings. The molecule has 1 unspecified atom stereocenters. The Kier molecular flexibility index (Phi) is 12.9. The summed E-state index contributed by atoms with van der Waals surface area (Å²) >= 11 is 0. The molecule has 0 spiro atoms. The molecule has 0 bridgehead atoms. The van der Waals surface area contributed by atoms with Crippen LogP contribution in [0.4, 0.5) is 0 Å². The zero-order chi connectivity index (χ0) is 15.3. The van der Waals surface area contributed by atoms with Gasteiger partial charge in [-0.2, -0.15) is 0 Å². The lowest BCUT2D eigenvalue weighted by atomic mass is 10.1. The van der Waals surface area contributed by atoms with E-state index in [1.54, 1.807) is 0 Å². The molecule has 0 radical (unpaired) electrons. The summed E-state index contributed by atoms with van der Waals surface area (Å²) in [5.41, 5.74) is 0. The minimum absolute atomic E-state index is 0.768. The Morgan fingerprint density at radius 3 is 1.95 bits per heavy atom. The van der Waals surface area contributed by atoms with Crippen molar-refractivity contribution in [3.8, 4) is 0 Å². The summed E-state index contributed by atoms with van der Waals surface area (Å²) in [5.74, 6) is 0.768. The monoisotopic (exact) mass is 302 g/mol. The van der Waals surface area contributed by atoms with Crippen LogP contribution in [0.15, 0.2) is 0 Å². The highest BCUT2D eigenvalue weighted by atomic mass is 28.4. The highest BCUT2D eigenvalue weighted by Crippen LogP contribution is 2.21. The topological polar surface area (TPSA) is 18.5 Å². The van der Waals surface area contributed by atoms with Crippen LogP contribution >= 0.6 is 0 Å². The van der Waals surface area contributed by atoms with Crippen LogP contribution in [0.5, 0.6) is 0 Å². The third-order valence-corrected chi connectivity index (χ3v) is 7.98. The highest BCUT2D eigenvalue weighted by molar-refractivity contribution is 6.67. The highest BCUT2D eigenvalue weighted by Gasteiger charge is 2.33. The molecule has 0 aliphatic heterocycles. The molecule has 2 nitrogen and oxygen atoms in total. The van der Waals surface area contributed by atoms with Crippen LogP contribution in [0.1, 0.15) is 79.6 Å². The van der Waals surface area contributed by atoms with Crippen molar-refractivity contribution in [1.29, 1.82) is 0 Å². The molecule has 0 amide bonds. The van der Waals surface area contributed by atoms with Gasteiger partial charge in [0.05, 0.1) is 0 Å². The molecular weight excluding hydrogens is 264 g/mol. The normalized spacial score (nSPS) is 13.7. The van der Waals surface area contributed by atoms with Gasteiger partial charge in [-0.05, 0) is 30.8 Å². The van der Waals surface area contributed by atoms with Gasteiger partial charge in [0.1, 0.15) is 0 Å². The lowest BCUT2D eigenvalue weighted by Gasteiger charge is -2.29. The van der Waals surface area contributed by atoms with E-state index in [4.69, 9.17) is 8.85 Å². The lowest BCUT2D eigenvalue weighted by molar-refractivity contribution is 0.157. The van der Waals surface area contributed by atoms with Crippen molar-refractivity contribution in [3.05, 3.63) is 0 Å². The second kappa shape index (κ2) is 12.8. The van der Waals surface area contributed by atoms with Gasteiger partial charge in [-0.25, -0.2) is 0 Å². The maximum atomic E-state index is 6.24. The first kappa shape index (κ1) is 20.1. The summed E-state index contributed by atoms with van der Waals surface area (Å²) in [7, 11) is -1.89. The zero-order valence-electron chi connectivity index (χ0n) is 14.7. The average Bonchev–Trinajstić information content (AvgIpc) is 2.48. The summed E-state index contributed by atoms with van der Waals surface area (Å²) < 4.78 is 12.5. The van der Waals surface area contributed by atoms with E-state index in [1.165, 1.54) is 44.9 Å². The Morgan fingerprint density at radius 1 is 0.800 bits per heavy atom. The quantitative estimate of drug-likeness (QED) is 0.293. The van der Waals surface area contributed by atoms with Crippen molar-refractivity contribution in [2.45, 2.75) is 91.7 Å². The molecule has 0 aromatic heterocycles. The van der Waals surface area contributed by atoms with Crippen LogP contribution in [0.2, 0.25) is 12.1 Å². The first-order valence-corrected chi connectivity index (χ1v) is 11.1. The van der Waals surface area contributed by atoms with Crippen LogP contribution in [0.25, 0.3) is 0 Å². The Hall–Kier alpha value is 0.137. The molecule has 0 N–H and O–H groups in total.